The molecule has 1 N–H and O–H groups in total. The van der Waals surface area contributed by atoms with Crippen molar-refractivity contribution in [3.8, 4) is 0 Å². The molecule has 0 spiro atoms. The minimum absolute atomic E-state index is 0.0806. The number of hydrogen-bond acceptors (Lipinski definition) is 5. The summed E-state index contributed by atoms with van der Waals surface area (Å²) in [6.45, 7) is 0.265. The van der Waals surface area contributed by atoms with E-state index in [1.165, 1.54) is 10.7 Å². The number of hydrogen-bond donors (Lipinski definition) is 1. The van der Waals surface area contributed by atoms with Crippen LogP contribution in [-0.2, 0) is 29.4 Å². The van der Waals surface area contributed by atoms with Gasteiger partial charge in [0.2, 0.25) is 10.0 Å². The van der Waals surface area contributed by atoms with E-state index < -0.39 is 10.0 Å². The highest BCUT2D eigenvalue weighted by molar-refractivity contribution is 7.89. The molecule has 8 heteroatoms. The lowest BCUT2D eigenvalue weighted by atomic mass is 9.97. The second-order valence-electron chi connectivity index (χ2n) is 6.61. The van der Waals surface area contributed by atoms with Gasteiger partial charge in [0, 0.05) is 24.2 Å². The van der Waals surface area contributed by atoms with Gasteiger partial charge in [0.05, 0.1) is 17.8 Å². The van der Waals surface area contributed by atoms with Crippen LogP contribution in [0.3, 0.4) is 0 Å². The first kappa shape index (κ1) is 17.8. The Balaban J connectivity index is 1.52. The highest BCUT2D eigenvalue weighted by Gasteiger charge is 2.18. The number of para-hydroxylation sites is 1. The van der Waals surface area contributed by atoms with Gasteiger partial charge in [-0.3, -0.25) is 9.78 Å². The lowest BCUT2D eigenvalue weighted by Gasteiger charge is -2.16. The van der Waals surface area contributed by atoms with Crippen molar-refractivity contribution in [3.63, 3.8) is 0 Å². The van der Waals surface area contributed by atoms with Crippen molar-refractivity contribution >= 4 is 20.9 Å². The van der Waals surface area contributed by atoms with E-state index in [2.05, 4.69) is 14.8 Å². The predicted molar refractivity (Wildman–Crippen MR) is 102 cm³/mol. The van der Waals surface area contributed by atoms with E-state index in [0.29, 0.717) is 5.52 Å². The standard InChI is InChI=1S/C19H20N4O3S/c24-18-13-15-5-1-2-8-16(15)22-23(18)12-11-21-27(25,26)17-9-3-6-14-7-4-10-20-19(14)17/h3-4,6-7,9-10,13,21H,1-2,5,8,11-12H2. The molecule has 7 nitrogen and oxygen atoms in total. The summed E-state index contributed by atoms with van der Waals surface area (Å²) < 4.78 is 29.3. The van der Waals surface area contributed by atoms with Crippen molar-refractivity contribution in [2.24, 2.45) is 0 Å². The number of aryl methyl sites for hydroxylation is 2. The van der Waals surface area contributed by atoms with Crippen molar-refractivity contribution in [1.82, 2.24) is 19.5 Å². The molecule has 2 heterocycles. The maximum atomic E-state index is 12.7. The fraction of sp³-hybridized carbons (Fsp3) is 0.316. The van der Waals surface area contributed by atoms with Crippen LogP contribution in [0.15, 0.2) is 52.3 Å². The minimum atomic E-state index is -3.74. The van der Waals surface area contributed by atoms with Gasteiger partial charge in [-0.1, -0.05) is 18.2 Å². The molecule has 0 fully saturated rings. The SMILES string of the molecule is O=c1cc2c(nn1CCNS(=O)(=O)c1cccc3cccnc13)CCCC2. The molecule has 1 aliphatic rings. The molecule has 1 aromatic carbocycles. The number of nitrogens with zero attached hydrogens (tertiary/aromatic N) is 3. The van der Waals surface area contributed by atoms with Gasteiger partial charge in [-0.2, -0.15) is 5.10 Å². The van der Waals surface area contributed by atoms with E-state index in [4.69, 9.17) is 0 Å². The third-order valence-electron chi connectivity index (χ3n) is 4.77. The second kappa shape index (κ2) is 7.21. The Morgan fingerprint density at radius 1 is 1.11 bits per heavy atom. The first-order valence-electron chi connectivity index (χ1n) is 8.98. The summed E-state index contributed by atoms with van der Waals surface area (Å²) in [6, 6.07) is 10.2. The molecule has 3 aromatic rings. The van der Waals surface area contributed by atoms with Crippen molar-refractivity contribution in [1.29, 1.82) is 0 Å². The zero-order chi connectivity index (χ0) is 18.9. The van der Waals surface area contributed by atoms with Crippen LogP contribution < -0.4 is 10.3 Å². The lowest BCUT2D eigenvalue weighted by molar-refractivity contribution is 0.526. The van der Waals surface area contributed by atoms with E-state index in [1.54, 1.807) is 24.4 Å². The first-order chi connectivity index (χ1) is 13.0. The number of nitrogens with one attached hydrogen (secondary N) is 1. The lowest BCUT2D eigenvalue weighted by Crippen LogP contribution is -2.33. The molecule has 1 aliphatic carbocycles. The van der Waals surface area contributed by atoms with Crippen LogP contribution in [0, 0.1) is 0 Å². The quantitative estimate of drug-likeness (QED) is 0.722. The van der Waals surface area contributed by atoms with Crippen molar-refractivity contribution in [3.05, 3.63) is 64.2 Å². The topological polar surface area (TPSA) is 94.0 Å². The molecule has 0 bridgehead atoms. The number of pyridine rings is 1. The normalized spacial score (nSPS) is 14.2. The summed E-state index contributed by atoms with van der Waals surface area (Å²) in [5.74, 6) is 0. The Kier molecular flexibility index (Phi) is 4.75. The van der Waals surface area contributed by atoms with Crippen LogP contribution in [0.2, 0.25) is 0 Å². The zero-order valence-electron chi connectivity index (χ0n) is 14.8. The summed E-state index contributed by atoms with van der Waals surface area (Å²) in [6.07, 6.45) is 5.47. The summed E-state index contributed by atoms with van der Waals surface area (Å²) >= 11 is 0. The van der Waals surface area contributed by atoms with Crippen molar-refractivity contribution < 1.29 is 8.42 Å². The van der Waals surface area contributed by atoms with Gasteiger partial charge >= 0.3 is 0 Å². The molecular formula is C19H20N4O3S. The monoisotopic (exact) mass is 384 g/mol. The average molecular weight is 384 g/mol. The van der Waals surface area contributed by atoms with Crippen LogP contribution in [0.1, 0.15) is 24.1 Å². The third kappa shape index (κ3) is 3.63. The Bertz CT molecular complexity index is 1150. The average Bonchev–Trinajstić information content (AvgIpc) is 2.68. The summed E-state index contributed by atoms with van der Waals surface area (Å²) in [5, 5.41) is 5.17. The molecule has 140 valence electrons. The zero-order valence-corrected chi connectivity index (χ0v) is 15.6. The van der Waals surface area contributed by atoms with Crippen LogP contribution >= 0.6 is 0 Å². The number of rotatable bonds is 5. The van der Waals surface area contributed by atoms with Gasteiger partial charge in [0.15, 0.2) is 0 Å². The number of sulfonamides is 1. The van der Waals surface area contributed by atoms with E-state index in [-0.39, 0.29) is 23.5 Å². The Labute approximate surface area is 157 Å². The smallest absolute Gasteiger partial charge is 0.267 e. The van der Waals surface area contributed by atoms with Crippen LogP contribution in [0.25, 0.3) is 10.9 Å². The van der Waals surface area contributed by atoms with Crippen LogP contribution in [-0.4, -0.2) is 29.7 Å². The molecule has 4 rings (SSSR count). The Hall–Kier alpha value is -2.58. The predicted octanol–water partition coefficient (Wildman–Crippen LogP) is 1.65. The number of aromatic nitrogens is 3. The number of fused-ring (bicyclic) bond motifs is 2. The molecule has 0 unspecified atom stereocenters. The Morgan fingerprint density at radius 2 is 1.93 bits per heavy atom. The fourth-order valence-electron chi connectivity index (χ4n) is 3.42. The van der Waals surface area contributed by atoms with Crippen LogP contribution in [0.5, 0.6) is 0 Å². The summed E-state index contributed by atoms with van der Waals surface area (Å²) in [4.78, 5) is 16.5. The fourth-order valence-corrected chi connectivity index (χ4v) is 4.62. The molecule has 0 saturated heterocycles. The minimum Gasteiger partial charge on any atom is -0.268 e. The summed E-state index contributed by atoms with van der Waals surface area (Å²) in [7, 11) is -3.74. The van der Waals surface area contributed by atoms with E-state index >= 15 is 0 Å². The number of benzene rings is 1. The first-order valence-corrected chi connectivity index (χ1v) is 10.5. The molecule has 0 atom stereocenters. The highest BCUT2D eigenvalue weighted by atomic mass is 32.2. The molecule has 2 aromatic heterocycles. The molecule has 0 radical (unpaired) electrons. The maximum absolute atomic E-state index is 12.7. The summed E-state index contributed by atoms with van der Waals surface area (Å²) in [5.41, 5.74) is 2.20. The second-order valence-corrected chi connectivity index (χ2v) is 8.35. The molecule has 0 amide bonds. The largest absolute Gasteiger partial charge is 0.268 e. The molecule has 0 aliphatic heterocycles. The van der Waals surface area contributed by atoms with E-state index in [0.717, 1.165) is 42.3 Å². The van der Waals surface area contributed by atoms with Crippen molar-refractivity contribution in [2.75, 3.05) is 6.54 Å². The van der Waals surface area contributed by atoms with Gasteiger partial charge in [0.25, 0.3) is 5.56 Å². The van der Waals surface area contributed by atoms with E-state index in [9.17, 15) is 13.2 Å². The maximum Gasteiger partial charge on any atom is 0.267 e. The molecule has 0 saturated carbocycles. The molecule has 27 heavy (non-hydrogen) atoms. The van der Waals surface area contributed by atoms with Gasteiger partial charge in [-0.05, 0) is 43.4 Å². The third-order valence-corrected chi connectivity index (χ3v) is 6.27. The van der Waals surface area contributed by atoms with Gasteiger partial charge in [-0.25, -0.2) is 17.8 Å². The van der Waals surface area contributed by atoms with Gasteiger partial charge in [-0.15, -0.1) is 0 Å². The Morgan fingerprint density at radius 3 is 2.81 bits per heavy atom. The molecular weight excluding hydrogens is 364 g/mol. The van der Waals surface area contributed by atoms with Crippen LogP contribution in [0.4, 0.5) is 0 Å². The van der Waals surface area contributed by atoms with Crippen molar-refractivity contribution in [2.45, 2.75) is 37.1 Å². The van der Waals surface area contributed by atoms with Gasteiger partial charge in [0.1, 0.15) is 4.90 Å². The van der Waals surface area contributed by atoms with Gasteiger partial charge < -0.3 is 0 Å². The highest BCUT2D eigenvalue weighted by Crippen LogP contribution is 2.20. The van der Waals surface area contributed by atoms with E-state index in [1.807, 2.05) is 12.1 Å².